The molecule has 0 aromatic rings. The quantitative estimate of drug-likeness (QED) is 0.712. The maximum Gasteiger partial charge on any atom is 0.308 e. The van der Waals surface area contributed by atoms with Crippen LogP contribution in [0.25, 0.3) is 0 Å². The van der Waals surface area contributed by atoms with Crippen molar-refractivity contribution in [1.82, 2.24) is 0 Å². The van der Waals surface area contributed by atoms with Crippen LogP contribution in [0.4, 0.5) is 0 Å². The Morgan fingerprint density at radius 1 is 1.22 bits per heavy atom. The van der Waals surface area contributed by atoms with Crippen LogP contribution in [0.15, 0.2) is 0 Å². The second-order valence-corrected chi connectivity index (χ2v) is 6.18. The van der Waals surface area contributed by atoms with Gasteiger partial charge in [-0.1, -0.05) is 13.8 Å². The van der Waals surface area contributed by atoms with E-state index in [-0.39, 0.29) is 17.3 Å². The first kappa shape index (κ1) is 13.8. The predicted octanol–water partition coefficient (Wildman–Crippen LogP) is 2.51. The van der Waals surface area contributed by atoms with Gasteiger partial charge in [-0.3, -0.25) is 4.79 Å². The van der Waals surface area contributed by atoms with Crippen LogP contribution in [0.5, 0.6) is 0 Å². The molecule has 1 heterocycles. The van der Waals surface area contributed by atoms with Gasteiger partial charge >= 0.3 is 5.97 Å². The fourth-order valence-corrected chi connectivity index (χ4v) is 2.58. The number of esters is 1. The molecule has 2 aliphatic rings. The lowest BCUT2D eigenvalue weighted by Crippen LogP contribution is -2.50. The Morgan fingerprint density at radius 2 is 1.78 bits per heavy atom. The molecule has 0 aromatic heterocycles. The van der Waals surface area contributed by atoms with Gasteiger partial charge in [0, 0.05) is 18.3 Å². The molecule has 1 spiro atoms. The average molecular weight is 256 g/mol. The lowest BCUT2D eigenvalue weighted by molar-refractivity contribution is -0.312. The minimum absolute atomic E-state index is 0.0257. The van der Waals surface area contributed by atoms with Gasteiger partial charge in [-0.05, 0) is 19.8 Å². The second-order valence-electron chi connectivity index (χ2n) is 6.18. The van der Waals surface area contributed by atoms with Crippen molar-refractivity contribution in [1.29, 1.82) is 0 Å². The molecule has 4 heteroatoms. The molecular weight excluding hydrogens is 232 g/mol. The zero-order chi connectivity index (χ0) is 13.2. The summed E-state index contributed by atoms with van der Waals surface area (Å²) in [6.45, 7) is 8.06. The number of hydrogen-bond donors (Lipinski definition) is 0. The van der Waals surface area contributed by atoms with Crippen LogP contribution in [-0.2, 0) is 19.0 Å². The number of rotatable bonds is 2. The molecule has 0 bridgehead atoms. The Labute approximate surface area is 109 Å². The maximum atomic E-state index is 11.7. The monoisotopic (exact) mass is 256 g/mol. The van der Waals surface area contributed by atoms with Gasteiger partial charge in [-0.2, -0.15) is 0 Å². The van der Waals surface area contributed by atoms with E-state index < -0.39 is 5.79 Å². The second kappa shape index (κ2) is 5.17. The minimum atomic E-state index is -0.432. The summed E-state index contributed by atoms with van der Waals surface area (Å²) in [5.74, 6) is -0.473. The molecule has 0 amide bonds. The summed E-state index contributed by atoms with van der Waals surface area (Å²) in [4.78, 5) is 11.7. The summed E-state index contributed by atoms with van der Waals surface area (Å²) >= 11 is 0. The summed E-state index contributed by atoms with van der Waals surface area (Å²) < 4.78 is 16.9. The third-order valence-electron chi connectivity index (χ3n) is 3.82. The van der Waals surface area contributed by atoms with Crippen molar-refractivity contribution in [2.45, 2.75) is 52.2 Å². The predicted molar refractivity (Wildman–Crippen MR) is 67.0 cm³/mol. The number of carbonyl (C=O) groups excluding carboxylic acids is 1. The van der Waals surface area contributed by atoms with Crippen LogP contribution in [0.1, 0.15) is 46.5 Å². The molecular formula is C14H24O4. The highest BCUT2D eigenvalue weighted by Gasteiger charge is 2.44. The summed E-state index contributed by atoms with van der Waals surface area (Å²) in [6.07, 6.45) is 3.21. The summed E-state index contributed by atoms with van der Waals surface area (Å²) in [7, 11) is 0. The molecule has 0 atom stereocenters. The molecule has 1 aliphatic heterocycles. The first-order valence-electron chi connectivity index (χ1n) is 6.91. The number of hydrogen-bond acceptors (Lipinski definition) is 4. The van der Waals surface area contributed by atoms with Crippen LogP contribution in [0.2, 0.25) is 0 Å². The molecule has 2 rings (SSSR count). The minimum Gasteiger partial charge on any atom is -0.466 e. The topological polar surface area (TPSA) is 44.8 Å². The van der Waals surface area contributed by atoms with Crippen molar-refractivity contribution >= 4 is 5.97 Å². The summed E-state index contributed by atoms with van der Waals surface area (Å²) in [5.41, 5.74) is 0.100. The summed E-state index contributed by atoms with van der Waals surface area (Å²) in [6, 6.07) is 0. The zero-order valence-electron chi connectivity index (χ0n) is 11.7. The third-order valence-corrected chi connectivity index (χ3v) is 3.82. The fraction of sp³-hybridized carbons (Fsp3) is 0.929. The van der Waals surface area contributed by atoms with E-state index in [1.807, 2.05) is 6.92 Å². The Balaban J connectivity index is 1.85. The highest BCUT2D eigenvalue weighted by molar-refractivity contribution is 5.72. The molecule has 1 aliphatic carbocycles. The fourth-order valence-electron chi connectivity index (χ4n) is 2.58. The average Bonchev–Trinajstić information content (AvgIpc) is 2.35. The van der Waals surface area contributed by atoms with Crippen LogP contribution in [-0.4, -0.2) is 31.6 Å². The van der Waals surface area contributed by atoms with Crippen molar-refractivity contribution < 1.29 is 19.0 Å². The molecule has 1 saturated carbocycles. The molecule has 2 fully saturated rings. The first-order chi connectivity index (χ1) is 8.46. The van der Waals surface area contributed by atoms with E-state index in [1.165, 1.54) is 0 Å². The number of ether oxygens (including phenoxy) is 3. The van der Waals surface area contributed by atoms with E-state index in [1.54, 1.807) is 0 Å². The van der Waals surface area contributed by atoms with Gasteiger partial charge in [0.2, 0.25) is 0 Å². The largest absolute Gasteiger partial charge is 0.466 e. The van der Waals surface area contributed by atoms with Crippen LogP contribution >= 0.6 is 0 Å². The van der Waals surface area contributed by atoms with Crippen molar-refractivity contribution in [3.63, 3.8) is 0 Å². The van der Waals surface area contributed by atoms with E-state index in [4.69, 9.17) is 14.2 Å². The Bertz CT molecular complexity index is 291. The van der Waals surface area contributed by atoms with Gasteiger partial charge < -0.3 is 14.2 Å². The molecule has 4 nitrogen and oxygen atoms in total. The van der Waals surface area contributed by atoms with Crippen molar-refractivity contribution in [2.75, 3.05) is 19.8 Å². The van der Waals surface area contributed by atoms with Crippen molar-refractivity contribution in [2.24, 2.45) is 11.3 Å². The Morgan fingerprint density at radius 3 is 2.28 bits per heavy atom. The van der Waals surface area contributed by atoms with Gasteiger partial charge in [0.1, 0.15) is 0 Å². The molecule has 1 saturated heterocycles. The Kier molecular flexibility index (Phi) is 3.97. The first-order valence-corrected chi connectivity index (χ1v) is 6.91. The van der Waals surface area contributed by atoms with E-state index in [2.05, 4.69) is 13.8 Å². The normalized spacial score (nSPS) is 27.1. The van der Waals surface area contributed by atoms with Gasteiger partial charge in [-0.25, -0.2) is 0 Å². The van der Waals surface area contributed by atoms with Crippen LogP contribution in [0.3, 0.4) is 0 Å². The van der Waals surface area contributed by atoms with Gasteiger partial charge in [0.05, 0.1) is 25.7 Å². The smallest absolute Gasteiger partial charge is 0.308 e. The van der Waals surface area contributed by atoms with Gasteiger partial charge in [0.15, 0.2) is 5.79 Å². The van der Waals surface area contributed by atoms with E-state index in [0.29, 0.717) is 6.61 Å². The highest BCUT2D eigenvalue weighted by atomic mass is 16.7. The standard InChI is InChI=1S/C14H24O4/c1-4-16-12(15)11-5-7-14(8-6-11)17-9-13(2,3)10-18-14/h11H,4-10H2,1-3H3. The van der Waals surface area contributed by atoms with Crippen molar-refractivity contribution in [3.05, 3.63) is 0 Å². The third kappa shape index (κ3) is 3.04. The number of carbonyl (C=O) groups is 1. The SMILES string of the molecule is CCOC(=O)C1CCC2(CC1)OCC(C)(C)CO2. The van der Waals surface area contributed by atoms with Gasteiger partial charge in [-0.15, -0.1) is 0 Å². The van der Waals surface area contributed by atoms with E-state index >= 15 is 0 Å². The molecule has 104 valence electrons. The molecule has 0 N–H and O–H groups in total. The highest BCUT2D eigenvalue weighted by Crippen LogP contribution is 2.41. The summed E-state index contributed by atoms with van der Waals surface area (Å²) in [5, 5.41) is 0. The zero-order valence-corrected chi connectivity index (χ0v) is 11.7. The molecule has 0 aromatic carbocycles. The lowest BCUT2D eigenvalue weighted by Gasteiger charge is -2.46. The van der Waals surface area contributed by atoms with E-state index in [9.17, 15) is 4.79 Å². The van der Waals surface area contributed by atoms with Gasteiger partial charge in [0.25, 0.3) is 0 Å². The molecule has 0 unspecified atom stereocenters. The molecule has 18 heavy (non-hydrogen) atoms. The lowest BCUT2D eigenvalue weighted by atomic mass is 9.83. The van der Waals surface area contributed by atoms with E-state index in [0.717, 1.165) is 38.9 Å². The van der Waals surface area contributed by atoms with Crippen molar-refractivity contribution in [3.8, 4) is 0 Å². The van der Waals surface area contributed by atoms with Crippen LogP contribution < -0.4 is 0 Å². The molecule has 0 radical (unpaired) electrons. The maximum absolute atomic E-state index is 11.7. The Hall–Kier alpha value is -0.610. The van der Waals surface area contributed by atoms with Crippen LogP contribution in [0, 0.1) is 11.3 Å².